The number of nitrogens with zero attached hydrogens (tertiary/aromatic N) is 3. The molecule has 1 aliphatic carbocycles. The van der Waals surface area contributed by atoms with E-state index >= 15 is 0 Å². The number of rotatable bonds is 7. The second-order valence-corrected chi connectivity index (χ2v) is 8.00. The van der Waals surface area contributed by atoms with Gasteiger partial charge in [0.05, 0.1) is 13.2 Å². The van der Waals surface area contributed by atoms with Crippen LogP contribution in [0.3, 0.4) is 0 Å². The molecule has 1 unspecified atom stereocenters. The highest BCUT2D eigenvalue weighted by Crippen LogP contribution is 2.27. The summed E-state index contributed by atoms with van der Waals surface area (Å²) in [6.07, 6.45) is 5.47. The number of morpholine rings is 1. The van der Waals surface area contributed by atoms with Crippen LogP contribution in [0.15, 0.2) is 0 Å². The molecule has 0 radical (unpaired) electrons. The number of nitrogens with one attached hydrogen (secondary N) is 1. The van der Waals surface area contributed by atoms with Crippen molar-refractivity contribution in [3.63, 3.8) is 0 Å². The number of hydrogen-bond acceptors (Lipinski definition) is 4. The summed E-state index contributed by atoms with van der Waals surface area (Å²) in [6.45, 7) is 11.2. The van der Waals surface area contributed by atoms with E-state index < -0.39 is 0 Å². The molecule has 1 aliphatic heterocycles. The van der Waals surface area contributed by atoms with Crippen LogP contribution in [0, 0.1) is 5.92 Å². The number of fused-ring (bicyclic) bond motifs is 1. The maximum atomic E-state index is 13.1. The van der Waals surface area contributed by atoms with Crippen molar-refractivity contribution in [2.45, 2.75) is 65.5 Å². The largest absolute Gasteiger partial charge is 0.378 e. The molecule has 6 heteroatoms. The fraction of sp³-hybridized carbons (Fsp3) is 0.800. The van der Waals surface area contributed by atoms with Gasteiger partial charge < -0.3 is 15.0 Å². The maximum Gasteiger partial charge on any atom is 0.274 e. The summed E-state index contributed by atoms with van der Waals surface area (Å²) in [5.41, 5.74) is 3.15. The molecule has 146 valence electrons. The zero-order valence-electron chi connectivity index (χ0n) is 16.6. The van der Waals surface area contributed by atoms with Gasteiger partial charge in [-0.2, -0.15) is 5.10 Å². The van der Waals surface area contributed by atoms with Gasteiger partial charge in [-0.15, -0.1) is 0 Å². The Kier molecular flexibility index (Phi) is 6.70. The third kappa shape index (κ3) is 4.46. The first kappa shape index (κ1) is 19.4. The molecule has 0 bridgehead atoms. The molecule has 1 amide bonds. The quantitative estimate of drug-likeness (QED) is 0.756. The molecule has 6 nitrogen and oxygen atoms in total. The van der Waals surface area contributed by atoms with E-state index in [0.717, 1.165) is 32.4 Å². The van der Waals surface area contributed by atoms with Gasteiger partial charge >= 0.3 is 0 Å². The van der Waals surface area contributed by atoms with Crippen molar-refractivity contribution >= 4 is 5.91 Å². The van der Waals surface area contributed by atoms with Crippen LogP contribution in [0.5, 0.6) is 0 Å². The molecule has 2 heterocycles. The van der Waals surface area contributed by atoms with Crippen molar-refractivity contribution in [3.05, 3.63) is 17.0 Å². The molecule has 1 N–H and O–H groups in total. The normalized spacial score (nSPS) is 20.5. The minimum absolute atomic E-state index is 0.0845. The maximum absolute atomic E-state index is 13.1. The molecule has 1 aromatic rings. The van der Waals surface area contributed by atoms with Crippen LogP contribution in [-0.4, -0.2) is 59.5 Å². The van der Waals surface area contributed by atoms with E-state index in [4.69, 9.17) is 9.84 Å². The van der Waals surface area contributed by atoms with Gasteiger partial charge in [0, 0.05) is 36.9 Å². The van der Waals surface area contributed by atoms with E-state index in [-0.39, 0.29) is 5.91 Å². The summed E-state index contributed by atoms with van der Waals surface area (Å²) < 4.78 is 7.51. The number of amides is 1. The van der Waals surface area contributed by atoms with Gasteiger partial charge in [0.15, 0.2) is 5.69 Å². The summed E-state index contributed by atoms with van der Waals surface area (Å²) in [6, 6.07) is 0.460. The summed E-state index contributed by atoms with van der Waals surface area (Å²) >= 11 is 0. The smallest absolute Gasteiger partial charge is 0.274 e. The van der Waals surface area contributed by atoms with Crippen LogP contribution >= 0.6 is 0 Å². The van der Waals surface area contributed by atoms with Crippen molar-refractivity contribution in [2.75, 3.05) is 32.8 Å². The van der Waals surface area contributed by atoms with Crippen LogP contribution in [0.2, 0.25) is 0 Å². The van der Waals surface area contributed by atoms with E-state index in [1.807, 2.05) is 4.90 Å². The van der Waals surface area contributed by atoms with Crippen molar-refractivity contribution in [1.82, 2.24) is 20.0 Å². The Morgan fingerprint density at radius 1 is 1.35 bits per heavy atom. The molecule has 1 fully saturated rings. The van der Waals surface area contributed by atoms with Crippen LogP contribution in [0.4, 0.5) is 0 Å². The molecule has 0 spiro atoms. The Bertz CT molecular complexity index is 605. The second-order valence-electron chi connectivity index (χ2n) is 8.00. The van der Waals surface area contributed by atoms with Crippen LogP contribution in [0.25, 0.3) is 0 Å². The fourth-order valence-electron chi connectivity index (χ4n) is 3.93. The monoisotopic (exact) mass is 362 g/mol. The predicted octanol–water partition coefficient (Wildman–Crippen LogP) is 2.26. The number of aromatic nitrogens is 2. The Balaban J connectivity index is 1.81. The van der Waals surface area contributed by atoms with E-state index in [9.17, 15) is 4.79 Å². The van der Waals surface area contributed by atoms with E-state index in [0.29, 0.717) is 44.0 Å². The zero-order valence-corrected chi connectivity index (χ0v) is 16.6. The molecule has 3 rings (SSSR count). The van der Waals surface area contributed by atoms with Gasteiger partial charge in [-0.3, -0.25) is 9.48 Å². The minimum Gasteiger partial charge on any atom is -0.378 e. The number of hydrogen-bond donors (Lipinski definition) is 1. The van der Waals surface area contributed by atoms with Crippen LogP contribution in [0.1, 0.15) is 61.8 Å². The first-order valence-electron chi connectivity index (χ1n) is 10.3. The molecule has 2 aliphatic rings. The Morgan fingerprint density at radius 3 is 2.81 bits per heavy atom. The number of ether oxygens (including phenoxy) is 1. The van der Waals surface area contributed by atoms with Crippen molar-refractivity contribution < 1.29 is 9.53 Å². The second kappa shape index (κ2) is 9.00. The Morgan fingerprint density at radius 2 is 2.12 bits per heavy atom. The lowest BCUT2D eigenvalue weighted by atomic mass is 9.90. The first-order chi connectivity index (χ1) is 12.6. The SMILES string of the molecule is CCCCNC1CCc2c(c(C(=O)N3CCOCC3)nn2CC(C)C)C1. The molecular weight excluding hydrogens is 328 g/mol. The van der Waals surface area contributed by atoms with Gasteiger partial charge in [-0.05, 0) is 38.1 Å². The zero-order chi connectivity index (χ0) is 18.5. The van der Waals surface area contributed by atoms with Crippen molar-refractivity contribution in [3.8, 4) is 0 Å². The van der Waals surface area contributed by atoms with Crippen LogP contribution in [-0.2, 0) is 24.1 Å². The molecule has 1 saturated heterocycles. The van der Waals surface area contributed by atoms with Crippen molar-refractivity contribution in [2.24, 2.45) is 5.92 Å². The lowest BCUT2D eigenvalue weighted by molar-refractivity contribution is 0.0297. The lowest BCUT2D eigenvalue weighted by Crippen LogP contribution is -2.41. The third-order valence-corrected chi connectivity index (χ3v) is 5.35. The summed E-state index contributed by atoms with van der Waals surface area (Å²) in [5.74, 6) is 0.604. The van der Waals surface area contributed by atoms with Gasteiger partial charge in [-0.25, -0.2) is 0 Å². The predicted molar refractivity (Wildman–Crippen MR) is 103 cm³/mol. The average Bonchev–Trinajstić information content (AvgIpc) is 2.99. The van der Waals surface area contributed by atoms with E-state index in [2.05, 4.69) is 30.8 Å². The highest BCUT2D eigenvalue weighted by atomic mass is 16.5. The Hall–Kier alpha value is -1.40. The standard InChI is InChI=1S/C20H34N4O2/c1-4-5-8-21-16-6-7-18-17(13-16)19(22-24(18)14-15(2)3)20(25)23-9-11-26-12-10-23/h15-16,21H,4-14H2,1-3H3. The lowest BCUT2D eigenvalue weighted by Gasteiger charge is -2.28. The molecule has 0 saturated carbocycles. The van der Waals surface area contributed by atoms with Crippen LogP contribution < -0.4 is 5.32 Å². The first-order valence-corrected chi connectivity index (χ1v) is 10.3. The molecule has 1 atom stereocenters. The van der Waals surface area contributed by atoms with E-state index in [1.165, 1.54) is 24.1 Å². The number of unbranched alkanes of at least 4 members (excludes halogenated alkanes) is 1. The molecule has 0 aromatic carbocycles. The van der Waals surface area contributed by atoms with Gasteiger partial charge in [-0.1, -0.05) is 27.2 Å². The minimum atomic E-state index is 0.0845. The van der Waals surface area contributed by atoms with Gasteiger partial charge in [0.2, 0.25) is 0 Å². The molecule has 26 heavy (non-hydrogen) atoms. The number of carbonyl (C=O) groups excluding carboxylic acids is 1. The highest BCUT2D eigenvalue weighted by molar-refractivity contribution is 5.94. The summed E-state index contributed by atoms with van der Waals surface area (Å²) in [7, 11) is 0. The molecular formula is C20H34N4O2. The molecule has 1 aromatic heterocycles. The van der Waals surface area contributed by atoms with Crippen molar-refractivity contribution in [1.29, 1.82) is 0 Å². The Labute approximate surface area is 157 Å². The summed E-state index contributed by atoms with van der Waals surface area (Å²) in [4.78, 5) is 15.0. The van der Waals surface area contributed by atoms with Gasteiger partial charge in [0.25, 0.3) is 5.91 Å². The fourth-order valence-corrected chi connectivity index (χ4v) is 3.93. The topological polar surface area (TPSA) is 59.4 Å². The highest BCUT2D eigenvalue weighted by Gasteiger charge is 2.31. The summed E-state index contributed by atoms with van der Waals surface area (Å²) in [5, 5.41) is 8.47. The third-order valence-electron chi connectivity index (χ3n) is 5.35. The number of carbonyl (C=O) groups is 1. The van der Waals surface area contributed by atoms with E-state index in [1.54, 1.807) is 0 Å². The van der Waals surface area contributed by atoms with Gasteiger partial charge in [0.1, 0.15) is 0 Å². The average molecular weight is 363 g/mol.